The molecule has 0 bridgehead atoms. The molecule has 2 heterocycles. The Hall–Kier alpha value is -3.40. The van der Waals surface area contributed by atoms with Crippen LogP contribution in [0.25, 0.3) is 10.8 Å². The maximum absolute atomic E-state index is 12.6. The Morgan fingerprint density at radius 1 is 1.23 bits per heavy atom. The van der Waals surface area contributed by atoms with Crippen LogP contribution in [0.2, 0.25) is 0 Å². The second-order valence-corrected chi connectivity index (χ2v) is 7.44. The third-order valence-corrected chi connectivity index (χ3v) is 5.59. The van der Waals surface area contributed by atoms with E-state index in [2.05, 4.69) is 10.3 Å². The number of nitrogens with one attached hydrogen (secondary N) is 1. The number of hydrogen-bond donors (Lipinski definition) is 1. The zero-order valence-corrected chi connectivity index (χ0v) is 17.8. The van der Waals surface area contributed by atoms with E-state index in [0.29, 0.717) is 32.7 Å². The average molecular weight is 431 g/mol. The summed E-state index contributed by atoms with van der Waals surface area (Å²) in [4.78, 5) is 28.4. The summed E-state index contributed by atoms with van der Waals surface area (Å²) in [6.07, 6.45) is 0.254. The van der Waals surface area contributed by atoms with Crippen LogP contribution in [0, 0.1) is 24.0 Å². The Kier molecular flexibility index (Phi) is 6.36. The van der Waals surface area contributed by atoms with Crippen molar-refractivity contribution in [3.05, 3.63) is 56.3 Å². The second kappa shape index (κ2) is 8.95. The Balaban J connectivity index is 1.72. The maximum atomic E-state index is 12.6. The summed E-state index contributed by atoms with van der Waals surface area (Å²) in [6.45, 7) is 3.80. The van der Waals surface area contributed by atoms with Gasteiger partial charge in [-0.25, -0.2) is 4.98 Å². The molecular weight excluding hydrogens is 410 g/mol. The SMILES string of the molecule is COc1cc(CCNC(=O)c2sc(-c3ccc(C)o3)nc2C)c([N+](=O)[O-])cc1OC. The first kappa shape index (κ1) is 21.3. The summed E-state index contributed by atoms with van der Waals surface area (Å²) in [7, 11) is 2.87. The number of hydrogen-bond acceptors (Lipinski definition) is 8. The van der Waals surface area contributed by atoms with Crippen LogP contribution in [0.5, 0.6) is 11.5 Å². The Morgan fingerprint density at radius 3 is 2.53 bits per heavy atom. The molecule has 1 N–H and O–H groups in total. The summed E-state index contributed by atoms with van der Waals surface area (Å²) in [6, 6.07) is 6.52. The van der Waals surface area contributed by atoms with E-state index in [-0.39, 0.29) is 30.3 Å². The maximum Gasteiger partial charge on any atom is 0.276 e. The molecular formula is C20H21N3O6S. The van der Waals surface area contributed by atoms with Crippen LogP contribution in [0.1, 0.15) is 26.7 Å². The molecule has 1 amide bonds. The number of ether oxygens (including phenoxy) is 2. The minimum Gasteiger partial charge on any atom is -0.493 e. The summed E-state index contributed by atoms with van der Waals surface area (Å²) in [5.41, 5.74) is 0.940. The number of thiazole rings is 1. The van der Waals surface area contributed by atoms with Crippen molar-refractivity contribution in [2.45, 2.75) is 20.3 Å². The zero-order chi connectivity index (χ0) is 21.8. The van der Waals surface area contributed by atoms with Gasteiger partial charge in [-0.15, -0.1) is 11.3 Å². The zero-order valence-electron chi connectivity index (χ0n) is 17.0. The number of rotatable bonds is 8. The molecule has 1 aromatic carbocycles. The van der Waals surface area contributed by atoms with Gasteiger partial charge in [-0.3, -0.25) is 14.9 Å². The highest BCUT2D eigenvalue weighted by atomic mass is 32.1. The van der Waals surface area contributed by atoms with Crippen molar-refractivity contribution in [3.63, 3.8) is 0 Å². The van der Waals surface area contributed by atoms with Gasteiger partial charge in [0.15, 0.2) is 22.3 Å². The van der Waals surface area contributed by atoms with Gasteiger partial charge in [0.25, 0.3) is 11.6 Å². The minimum absolute atomic E-state index is 0.0913. The highest BCUT2D eigenvalue weighted by Crippen LogP contribution is 2.34. The number of amides is 1. The van der Waals surface area contributed by atoms with E-state index >= 15 is 0 Å². The fourth-order valence-corrected chi connectivity index (χ4v) is 3.88. The lowest BCUT2D eigenvalue weighted by Crippen LogP contribution is -2.25. The van der Waals surface area contributed by atoms with Gasteiger partial charge >= 0.3 is 0 Å². The van der Waals surface area contributed by atoms with Crippen molar-refractivity contribution in [3.8, 4) is 22.3 Å². The molecule has 0 atom stereocenters. The first-order valence-corrected chi connectivity index (χ1v) is 9.87. The quantitative estimate of drug-likeness (QED) is 0.424. The van der Waals surface area contributed by atoms with Gasteiger partial charge in [-0.1, -0.05) is 0 Å². The number of methoxy groups -OCH3 is 2. The lowest BCUT2D eigenvalue weighted by molar-refractivity contribution is -0.385. The fourth-order valence-electron chi connectivity index (χ4n) is 2.93. The first-order valence-electron chi connectivity index (χ1n) is 9.05. The number of nitro groups is 1. The summed E-state index contributed by atoms with van der Waals surface area (Å²) >= 11 is 1.24. The summed E-state index contributed by atoms with van der Waals surface area (Å²) in [5.74, 6) is 1.75. The summed E-state index contributed by atoms with van der Waals surface area (Å²) < 4.78 is 15.9. The Labute approximate surface area is 176 Å². The van der Waals surface area contributed by atoms with Crippen molar-refractivity contribution in [2.75, 3.05) is 20.8 Å². The predicted molar refractivity (Wildman–Crippen MR) is 112 cm³/mol. The van der Waals surface area contributed by atoms with Crippen LogP contribution in [0.15, 0.2) is 28.7 Å². The number of benzene rings is 1. The molecule has 2 aromatic heterocycles. The predicted octanol–water partition coefficient (Wildman–Crippen LogP) is 3.92. The van der Waals surface area contributed by atoms with Gasteiger partial charge in [-0.2, -0.15) is 0 Å². The smallest absolute Gasteiger partial charge is 0.276 e. The van der Waals surface area contributed by atoms with Crippen molar-refractivity contribution < 1.29 is 23.6 Å². The average Bonchev–Trinajstić information content (AvgIpc) is 3.32. The van der Waals surface area contributed by atoms with E-state index < -0.39 is 4.92 Å². The van der Waals surface area contributed by atoms with Crippen LogP contribution in [-0.4, -0.2) is 36.6 Å². The van der Waals surface area contributed by atoms with Gasteiger partial charge < -0.3 is 19.2 Å². The molecule has 0 saturated carbocycles. The number of nitrogens with zero attached hydrogens (tertiary/aromatic N) is 2. The standard InChI is InChI=1S/C20H21N3O6S/c1-11-5-6-15(29-11)20-22-12(2)18(30-20)19(24)21-8-7-13-9-16(27-3)17(28-4)10-14(13)23(25)26/h5-6,9-10H,7-8H2,1-4H3,(H,21,24). The molecule has 0 aliphatic carbocycles. The molecule has 3 aromatic rings. The molecule has 0 radical (unpaired) electrons. The Morgan fingerprint density at radius 2 is 1.93 bits per heavy atom. The van der Waals surface area contributed by atoms with E-state index in [1.165, 1.54) is 31.6 Å². The third-order valence-electron chi connectivity index (χ3n) is 4.42. The van der Waals surface area contributed by atoms with Crippen LogP contribution in [0.4, 0.5) is 5.69 Å². The molecule has 0 aliphatic heterocycles. The van der Waals surface area contributed by atoms with Crippen LogP contribution >= 0.6 is 11.3 Å². The van der Waals surface area contributed by atoms with Gasteiger partial charge in [0.2, 0.25) is 0 Å². The summed E-state index contributed by atoms with van der Waals surface area (Å²) in [5, 5.41) is 14.8. The minimum atomic E-state index is -0.482. The molecule has 0 spiro atoms. The molecule has 0 saturated heterocycles. The van der Waals surface area contributed by atoms with Crippen molar-refractivity contribution in [1.82, 2.24) is 10.3 Å². The second-order valence-electron chi connectivity index (χ2n) is 6.44. The number of nitro benzene ring substituents is 1. The van der Waals surface area contributed by atoms with Crippen LogP contribution in [-0.2, 0) is 6.42 Å². The lowest BCUT2D eigenvalue weighted by Gasteiger charge is -2.11. The van der Waals surface area contributed by atoms with E-state index in [1.807, 2.05) is 19.1 Å². The number of furan rings is 1. The van der Waals surface area contributed by atoms with Gasteiger partial charge in [0, 0.05) is 12.1 Å². The monoisotopic (exact) mass is 431 g/mol. The van der Waals surface area contributed by atoms with Gasteiger partial charge in [-0.05, 0) is 38.5 Å². The van der Waals surface area contributed by atoms with Crippen molar-refractivity contribution >= 4 is 22.9 Å². The van der Waals surface area contributed by atoms with Crippen LogP contribution in [0.3, 0.4) is 0 Å². The van der Waals surface area contributed by atoms with E-state index in [0.717, 1.165) is 5.76 Å². The van der Waals surface area contributed by atoms with Gasteiger partial charge in [0.1, 0.15) is 10.6 Å². The number of aryl methyl sites for hydroxylation is 2. The Bertz CT molecular complexity index is 1090. The molecule has 0 fully saturated rings. The van der Waals surface area contributed by atoms with Gasteiger partial charge in [0.05, 0.1) is 30.9 Å². The molecule has 10 heteroatoms. The number of carbonyl (C=O) groups excluding carboxylic acids is 1. The largest absolute Gasteiger partial charge is 0.493 e. The fraction of sp³-hybridized carbons (Fsp3) is 0.300. The lowest BCUT2D eigenvalue weighted by atomic mass is 10.1. The molecule has 158 valence electrons. The molecule has 9 nitrogen and oxygen atoms in total. The highest BCUT2D eigenvalue weighted by Gasteiger charge is 2.21. The third kappa shape index (κ3) is 4.43. The van der Waals surface area contributed by atoms with E-state index in [4.69, 9.17) is 13.9 Å². The number of aromatic nitrogens is 1. The molecule has 30 heavy (non-hydrogen) atoms. The van der Waals surface area contributed by atoms with E-state index in [9.17, 15) is 14.9 Å². The molecule has 3 rings (SSSR count). The number of carbonyl (C=O) groups is 1. The van der Waals surface area contributed by atoms with Crippen molar-refractivity contribution in [1.29, 1.82) is 0 Å². The van der Waals surface area contributed by atoms with Crippen LogP contribution < -0.4 is 14.8 Å². The first-order chi connectivity index (χ1) is 14.3. The van der Waals surface area contributed by atoms with E-state index in [1.54, 1.807) is 13.0 Å². The van der Waals surface area contributed by atoms with Crippen molar-refractivity contribution in [2.24, 2.45) is 0 Å². The highest BCUT2D eigenvalue weighted by molar-refractivity contribution is 7.17. The topological polar surface area (TPSA) is 117 Å². The molecule has 0 unspecified atom stereocenters. The normalized spacial score (nSPS) is 10.7. The molecule has 0 aliphatic rings.